The van der Waals surface area contributed by atoms with Crippen LogP contribution in [-0.4, -0.2) is 26.4 Å². The topological polar surface area (TPSA) is 101 Å². The van der Waals surface area contributed by atoms with Gasteiger partial charge in [0.2, 0.25) is 10.0 Å². The third-order valence-corrected chi connectivity index (χ3v) is 5.89. The Kier molecular flexibility index (Phi) is 6.53. The van der Waals surface area contributed by atoms with E-state index >= 15 is 0 Å². The summed E-state index contributed by atoms with van der Waals surface area (Å²) in [6, 6.07) is 9.19. The summed E-state index contributed by atoms with van der Waals surface area (Å²) >= 11 is 0. The maximum absolute atomic E-state index is 13.9. The molecule has 0 aliphatic carbocycles. The zero-order chi connectivity index (χ0) is 18.9. The monoisotopic (exact) mass is 415 g/mol. The quantitative estimate of drug-likeness (QED) is 0.577. The molecule has 27 heavy (non-hydrogen) atoms. The van der Waals surface area contributed by atoms with Crippen LogP contribution in [0.5, 0.6) is 0 Å². The van der Waals surface area contributed by atoms with Gasteiger partial charge in [0.05, 0.1) is 15.4 Å². The average Bonchev–Trinajstić information content (AvgIpc) is 2.61. The average molecular weight is 416 g/mol. The van der Waals surface area contributed by atoms with Crippen LogP contribution in [0.25, 0.3) is 0 Å². The van der Waals surface area contributed by atoms with Crippen molar-refractivity contribution in [3.05, 3.63) is 69.0 Å². The van der Waals surface area contributed by atoms with Gasteiger partial charge in [0.1, 0.15) is 5.82 Å². The highest BCUT2D eigenvalue weighted by Crippen LogP contribution is 2.26. The van der Waals surface area contributed by atoms with Crippen LogP contribution in [0.2, 0.25) is 0 Å². The van der Waals surface area contributed by atoms with E-state index in [0.717, 1.165) is 29.7 Å². The smallest absolute Gasteiger partial charge is 0.276 e. The number of halogens is 2. The number of nitro benzene ring substituents is 1. The normalized spacial score (nSPS) is 16.3. The summed E-state index contributed by atoms with van der Waals surface area (Å²) in [6.45, 7) is 2.01. The Balaban J connectivity index is 0.00000261. The molecule has 2 N–H and O–H groups in total. The van der Waals surface area contributed by atoms with Crippen molar-refractivity contribution in [1.82, 2.24) is 10.0 Å². The lowest BCUT2D eigenvalue weighted by Gasteiger charge is -2.27. The zero-order valence-corrected chi connectivity index (χ0v) is 16.1. The molecule has 1 aliphatic rings. The fourth-order valence-corrected chi connectivity index (χ4v) is 4.11. The lowest BCUT2D eigenvalue weighted by Crippen LogP contribution is -2.38. The molecular weight excluding hydrogens is 397 g/mol. The molecular formula is C17H19ClFN3O4S. The van der Waals surface area contributed by atoms with Gasteiger partial charge in [-0.25, -0.2) is 17.5 Å². The third-order valence-electron chi connectivity index (χ3n) is 4.49. The second-order valence-electron chi connectivity index (χ2n) is 6.11. The molecule has 0 fully saturated rings. The molecule has 0 saturated heterocycles. The Morgan fingerprint density at radius 3 is 2.74 bits per heavy atom. The van der Waals surface area contributed by atoms with Gasteiger partial charge in [-0.1, -0.05) is 24.3 Å². The summed E-state index contributed by atoms with van der Waals surface area (Å²) in [6.07, 6.45) is 0.856. The third kappa shape index (κ3) is 4.44. The lowest BCUT2D eigenvalue weighted by atomic mass is 9.95. The molecule has 1 unspecified atom stereocenters. The SMILES string of the molecule is Cc1c(F)cc(S(=O)(=O)NCC2NCCc3ccccc32)cc1[N+](=O)[O-].Cl. The van der Waals surface area contributed by atoms with E-state index in [1.165, 1.54) is 6.92 Å². The molecule has 0 bridgehead atoms. The summed E-state index contributed by atoms with van der Waals surface area (Å²) in [7, 11) is -4.09. The maximum Gasteiger partial charge on any atom is 0.276 e. The highest BCUT2D eigenvalue weighted by Gasteiger charge is 2.25. The number of nitrogens with zero attached hydrogens (tertiary/aromatic N) is 1. The van der Waals surface area contributed by atoms with E-state index in [-0.39, 0.29) is 30.6 Å². The molecule has 2 aromatic carbocycles. The zero-order valence-electron chi connectivity index (χ0n) is 14.4. The molecule has 0 spiro atoms. The summed E-state index contributed by atoms with van der Waals surface area (Å²) in [4.78, 5) is 9.75. The fourth-order valence-electron chi connectivity index (χ4n) is 3.04. The highest BCUT2D eigenvalue weighted by atomic mass is 35.5. The van der Waals surface area contributed by atoms with Crippen molar-refractivity contribution in [2.45, 2.75) is 24.3 Å². The van der Waals surface area contributed by atoms with Crippen molar-refractivity contribution in [2.75, 3.05) is 13.1 Å². The van der Waals surface area contributed by atoms with Crippen LogP contribution in [0.1, 0.15) is 22.7 Å². The van der Waals surface area contributed by atoms with Crippen LogP contribution in [0.3, 0.4) is 0 Å². The second kappa shape index (κ2) is 8.30. The molecule has 3 rings (SSSR count). The standard InChI is InChI=1S/C17H18FN3O4S.ClH/c1-11-15(18)8-13(9-17(11)21(22)23)26(24,25)20-10-16-14-5-3-2-4-12(14)6-7-19-16;/h2-5,8-9,16,19-20H,6-7,10H2,1H3;1H. The molecule has 0 radical (unpaired) electrons. The van der Waals surface area contributed by atoms with Gasteiger partial charge in [0.15, 0.2) is 0 Å². The molecule has 146 valence electrons. The molecule has 1 heterocycles. The Bertz CT molecular complexity index is 969. The van der Waals surface area contributed by atoms with Gasteiger partial charge in [-0.3, -0.25) is 10.1 Å². The largest absolute Gasteiger partial charge is 0.308 e. The summed E-state index contributed by atoms with van der Waals surface area (Å²) < 4.78 is 41.3. The van der Waals surface area contributed by atoms with Crippen molar-refractivity contribution < 1.29 is 17.7 Å². The Labute approximate surface area is 162 Å². The first-order chi connectivity index (χ1) is 12.3. The minimum Gasteiger partial charge on any atom is -0.308 e. The van der Waals surface area contributed by atoms with Gasteiger partial charge in [0.25, 0.3) is 5.69 Å². The molecule has 7 nitrogen and oxygen atoms in total. The number of sulfonamides is 1. The Hall–Kier alpha value is -2.07. The van der Waals surface area contributed by atoms with E-state index in [0.29, 0.717) is 6.54 Å². The predicted octanol–water partition coefficient (Wildman–Crippen LogP) is 2.63. The fraction of sp³-hybridized carbons (Fsp3) is 0.294. The van der Waals surface area contributed by atoms with Crippen molar-refractivity contribution in [3.8, 4) is 0 Å². The maximum atomic E-state index is 13.9. The first-order valence-corrected chi connectivity index (χ1v) is 9.53. The van der Waals surface area contributed by atoms with Gasteiger partial charge in [-0.05, 0) is 37.1 Å². The van der Waals surface area contributed by atoms with Crippen LogP contribution in [-0.2, 0) is 16.4 Å². The van der Waals surface area contributed by atoms with E-state index < -0.39 is 31.3 Å². The molecule has 0 aromatic heterocycles. The number of hydrogen-bond acceptors (Lipinski definition) is 5. The van der Waals surface area contributed by atoms with Crippen molar-refractivity contribution in [3.63, 3.8) is 0 Å². The number of nitrogens with one attached hydrogen (secondary N) is 2. The summed E-state index contributed by atoms with van der Waals surface area (Å²) in [5.74, 6) is -0.930. The minimum absolute atomic E-state index is 0. The lowest BCUT2D eigenvalue weighted by molar-refractivity contribution is -0.385. The van der Waals surface area contributed by atoms with Crippen LogP contribution in [0.4, 0.5) is 10.1 Å². The predicted molar refractivity (Wildman–Crippen MR) is 101 cm³/mol. The molecule has 1 atom stereocenters. The molecule has 2 aromatic rings. The van der Waals surface area contributed by atoms with Crippen LogP contribution in [0, 0.1) is 22.9 Å². The van der Waals surface area contributed by atoms with Gasteiger partial charge < -0.3 is 5.32 Å². The number of hydrogen-bond donors (Lipinski definition) is 2. The molecule has 1 aliphatic heterocycles. The molecule has 0 saturated carbocycles. The first kappa shape index (κ1) is 21.2. The Morgan fingerprint density at radius 1 is 1.33 bits per heavy atom. The number of nitro groups is 1. The summed E-state index contributed by atoms with van der Waals surface area (Å²) in [5.41, 5.74) is 1.39. The van der Waals surface area contributed by atoms with Gasteiger partial charge in [-0.15, -0.1) is 12.4 Å². The second-order valence-corrected chi connectivity index (χ2v) is 7.88. The van der Waals surface area contributed by atoms with Crippen LogP contribution in [0.15, 0.2) is 41.3 Å². The number of benzene rings is 2. The highest BCUT2D eigenvalue weighted by molar-refractivity contribution is 7.89. The minimum atomic E-state index is -4.09. The van der Waals surface area contributed by atoms with E-state index in [9.17, 15) is 22.9 Å². The van der Waals surface area contributed by atoms with Gasteiger partial charge in [-0.2, -0.15) is 0 Å². The summed E-state index contributed by atoms with van der Waals surface area (Å²) in [5, 5.41) is 14.2. The van der Waals surface area contributed by atoms with Gasteiger partial charge >= 0.3 is 0 Å². The van der Waals surface area contributed by atoms with Crippen LogP contribution < -0.4 is 10.0 Å². The molecule has 10 heteroatoms. The van der Waals surface area contributed by atoms with Crippen molar-refractivity contribution in [1.29, 1.82) is 0 Å². The van der Waals surface area contributed by atoms with E-state index in [2.05, 4.69) is 10.0 Å². The Morgan fingerprint density at radius 2 is 2.04 bits per heavy atom. The van der Waals surface area contributed by atoms with Crippen molar-refractivity contribution in [2.24, 2.45) is 0 Å². The van der Waals surface area contributed by atoms with Gasteiger partial charge in [0, 0.05) is 18.7 Å². The van der Waals surface area contributed by atoms with E-state index in [1.807, 2.05) is 24.3 Å². The first-order valence-electron chi connectivity index (χ1n) is 8.05. The van der Waals surface area contributed by atoms with Crippen molar-refractivity contribution >= 4 is 28.1 Å². The van der Waals surface area contributed by atoms with Crippen LogP contribution >= 0.6 is 12.4 Å². The van der Waals surface area contributed by atoms with E-state index in [4.69, 9.17) is 0 Å². The number of rotatable bonds is 5. The molecule has 0 amide bonds. The number of fused-ring (bicyclic) bond motifs is 1. The van der Waals surface area contributed by atoms with E-state index in [1.54, 1.807) is 0 Å².